The highest BCUT2D eigenvalue weighted by Crippen LogP contribution is 2.57. The van der Waals surface area contributed by atoms with E-state index in [1.807, 2.05) is 11.3 Å². The third-order valence-electron chi connectivity index (χ3n) is 11.8. The Morgan fingerprint density at radius 2 is 0.979 bits per heavy atom. The maximum absolute atomic E-state index is 2.49. The van der Waals surface area contributed by atoms with E-state index in [-0.39, 0.29) is 16.2 Å². The number of para-hydroxylation sites is 1. The first-order valence-corrected chi connectivity index (χ1v) is 17.6. The van der Waals surface area contributed by atoms with Gasteiger partial charge >= 0.3 is 0 Å². The molecule has 2 aliphatic carbocycles. The molecule has 1 aromatic heterocycles. The molecule has 0 bridgehead atoms. The maximum Gasteiger partial charge on any atom is 0.0465 e. The number of thiophene rings is 1. The van der Waals surface area contributed by atoms with Gasteiger partial charge in [-0.15, -0.1) is 11.3 Å². The van der Waals surface area contributed by atoms with Crippen LogP contribution in [0.25, 0.3) is 42.4 Å². The van der Waals surface area contributed by atoms with Gasteiger partial charge in [-0.1, -0.05) is 114 Å². The van der Waals surface area contributed by atoms with E-state index in [1.54, 1.807) is 0 Å². The lowest BCUT2D eigenvalue weighted by molar-refractivity contribution is 0.299. The van der Waals surface area contributed by atoms with Crippen molar-refractivity contribution in [1.29, 1.82) is 0 Å². The van der Waals surface area contributed by atoms with Gasteiger partial charge in [0.2, 0.25) is 0 Å². The quantitative estimate of drug-likeness (QED) is 0.189. The Labute approximate surface area is 282 Å². The first-order chi connectivity index (χ1) is 22.6. The third kappa shape index (κ3) is 3.88. The highest BCUT2D eigenvalue weighted by molar-refractivity contribution is 7.25. The summed E-state index contributed by atoms with van der Waals surface area (Å²) in [4.78, 5) is 2.45. The Balaban J connectivity index is 1.25. The molecule has 47 heavy (non-hydrogen) atoms. The third-order valence-corrected chi connectivity index (χ3v) is 13.0. The van der Waals surface area contributed by atoms with Crippen LogP contribution in [0.15, 0.2) is 127 Å². The Hall–Kier alpha value is -4.66. The average Bonchev–Trinajstić information content (AvgIpc) is 3.55. The summed E-state index contributed by atoms with van der Waals surface area (Å²) in [6.07, 6.45) is 0. The lowest BCUT2D eigenvalue weighted by atomic mass is 9.55. The molecule has 0 saturated carbocycles. The zero-order valence-electron chi connectivity index (χ0n) is 28.0. The van der Waals surface area contributed by atoms with Crippen LogP contribution in [0.4, 0.5) is 17.1 Å². The zero-order valence-corrected chi connectivity index (χ0v) is 28.8. The molecule has 1 heterocycles. The zero-order chi connectivity index (χ0) is 32.3. The number of anilines is 3. The largest absolute Gasteiger partial charge is 0.310 e. The van der Waals surface area contributed by atoms with Gasteiger partial charge in [-0.25, -0.2) is 0 Å². The van der Waals surface area contributed by atoms with Gasteiger partial charge in [-0.3, -0.25) is 0 Å². The Morgan fingerprint density at radius 3 is 1.72 bits per heavy atom. The van der Waals surface area contributed by atoms with E-state index in [0.717, 1.165) is 0 Å². The number of benzene rings is 6. The summed E-state index contributed by atoms with van der Waals surface area (Å²) in [6, 6.07) is 47.9. The highest BCUT2D eigenvalue weighted by Gasteiger charge is 2.46. The van der Waals surface area contributed by atoms with E-state index < -0.39 is 0 Å². The molecule has 9 rings (SSSR count). The van der Waals surface area contributed by atoms with Crippen molar-refractivity contribution in [2.45, 2.75) is 57.8 Å². The minimum Gasteiger partial charge on any atom is -0.310 e. The van der Waals surface area contributed by atoms with Gasteiger partial charge in [0.25, 0.3) is 0 Å². The fourth-order valence-electron chi connectivity index (χ4n) is 8.46. The standard InChI is InChI=1S/C45H39NS/c1-43(2)37-18-12-10-16-31(37)32-22-20-29(24-38(32)43)46(28-14-8-7-9-15-28)30-21-23-33-35-26-36-34-17-11-13-19-41(34)47-42(36)27-40(35)45(5,6)44(3,4)39(33)25-30/h7-27H,1-6H3. The normalized spacial score (nSPS) is 16.4. The topological polar surface area (TPSA) is 3.24 Å². The monoisotopic (exact) mass is 625 g/mol. The van der Waals surface area contributed by atoms with Crippen molar-refractivity contribution in [1.82, 2.24) is 0 Å². The molecule has 0 amide bonds. The number of fused-ring (bicyclic) bond motifs is 9. The number of hydrogen-bond acceptors (Lipinski definition) is 2. The Kier molecular flexibility index (Phi) is 5.88. The van der Waals surface area contributed by atoms with Gasteiger partial charge in [0, 0.05) is 42.6 Å². The summed E-state index contributed by atoms with van der Waals surface area (Å²) in [5.41, 5.74) is 14.4. The minimum absolute atomic E-state index is 0.0625. The molecular weight excluding hydrogens is 587 g/mol. The van der Waals surface area contributed by atoms with Crippen LogP contribution in [-0.2, 0) is 16.2 Å². The second-order valence-electron chi connectivity index (χ2n) is 15.0. The summed E-state index contributed by atoms with van der Waals surface area (Å²) in [5, 5.41) is 2.72. The molecule has 0 N–H and O–H groups in total. The van der Waals surface area contributed by atoms with Crippen LogP contribution in [0, 0.1) is 0 Å². The summed E-state index contributed by atoms with van der Waals surface area (Å²) in [6.45, 7) is 14.5. The first kappa shape index (κ1) is 28.6. The second-order valence-corrected chi connectivity index (χ2v) is 16.1. The van der Waals surface area contributed by atoms with Gasteiger partial charge in [0.15, 0.2) is 0 Å². The van der Waals surface area contributed by atoms with Gasteiger partial charge in [0.05, 0.1) is 0 Å². The van der Waals surface area contributed by atoms with Crippen molar-refractivity contribution in [3.8, 4) is 22.3 Å². The SMILES string of the molecule is CC1(C)c2ccccc2-c2ccc(N(c3ccccc3)c3ccc4c(c3)C(C)(C)C(C)(C)c3cc5sc6ccccc6c5cc3-4)cc21. The molecule has 0 aliphatic heterocycles. The van der Waals surface area contributed by atoms with Crippen molar-refractivity contribution < 1.29 is 0 Å². The molecule has 230 valence electrons. The molecule has 0 atom stereocenters. The smallest absolute Gasteiger partial charge is 0.0465 e. The van der Waals surface area contributed by atoms with Crippen LogP contribution in [-0.4, -0.2) is 0 Å². The molecule has 0 saturated heterocycles. The molecule has 2 aliphatic rings. The van der Waals surface area contributed by atoms with E-state index in [1.165, 1.54) is 81.7 Å². The van der Waals surface area contributed by atoms with Crippen LogP contribution < -0.4 is 4.90 Å². The molecule has 0 spiro atoms. The lowest BCUT2D eigenvalue weighted by Crippen LogP contribution is -2.43. The van der Waals surface area contributed by atoms with Crippen molar-refractivity contribution in [3.05, 3.63) is 150 Å². The molecule has 2 heteroatoms. The maximum atomic E-state index is 2.49. The summed E-state index contributed by atoms with van der Waals surface area (Å²) in [7, 11) is 0. The van der Waals surface area contributed by atoms with Crippen LogP contribution in [0.3, 0.4) is 0 Å². The molecule has 1 nitrogen and oxygen atoms in total. The fraction of sp³-hybridized carbons (Fsp3) is 0.200. The Morgan fingerprint density at radius 1 is 0.404 bits per heavy atom. The average molecular weight is 626 g/mol. The Bertz CT molecular complexity index is 2390. The molecule has 0 radical (unpaired) electrons. The van der Waals surface area contributed by atoms with Gasteiger partial charge in [-0.05, 0) is 110 Å². The van der Waals surface area contributed by atoms with E-state index in [4.69, 9.17) is 0 Å². The van der Waals surface area contributed by atoms with E-state index in [2.05, 4.69) is 174 Å². The predicted octanol–water partition coefficient (Wildman–Crippen LogP) is 13.1. The molecule has 0 unspecified atom stereocenters. The van der Waals surface area contributed by atoms with Crippen molar-refractivity contribution in [3.63, 3.8) is 0 Å². The van der Waals surface area contributed by atoms with Gasteiger partial charge in [0.1, 0.15) is 0 Å². The molecule has 0 fully saturated rings. The highest BCUT2D eigenvalue weighted by atomic mass is 32.1. The van der Waals surface area contributed by atoms with Crippen molar-refractivity contribution in [2.24, 2.45) is 0 Å². The number of nitrogens with zero attached hydrogens (tertiary/aromatic N) is 1. The van der Waals surface area contributed by atoms with Gasteiger partial charge in [-0.2, -0.15) is 0 Å². The van der Waals surface area contributed by atoms with E-state index >= 15 is 0 Å². The lowest BCUT2D eigenvalue weighted by Gasteiger charge is -2.48. The van der Waals surface area contributed by atoms with E-state index in [0.29, 0.717) is 0 Å². The molecule has 6 aromatic carbocycles. The van der Waals surface area contributed by atoms with Gasteiger partial charge < -0.3 is 4.90 Å². The summed E-state index contributed by atoms with van der Waals surface area (Å²) in [5.74, 6) is 0. The van der Waals surface area contributed by atoms with Crippen LogP contribution in [0.1, 0.15) is 63.8 Å². The van der Waals surface area contributed by atoms with E-state index in [9.17, 15) is 0 Å². The summed E-state index contributed by atoms with van der Waals surface area (Å²) >= 11 is 1.92. The number of rotatable bonds is 3. The first-order valence-electron chi connectivity index (χ1n) is 16.8. The van der Waals surface area contributed by atoms with Crippen LogP contribution in [0.2, 0.25) is 0 Å². The second kappa shape index (κ2) is 9.69. The van der Waals surface area contributed by atoms with Crippen LogP contribution >= 0.6 is 11.3 Å². The van der Waals surface area contributed by atoms with Crippen molar-refractivity contribution in [2.75, 3.05) is 4.90 Å². The van der Waals surface area contributed by atoms with Crippen LogP contribution in [0.5, 0.6) is 0 Å². The summed E-state index contributed by atoms with van der Waals surface area (Å²) < 4.78 is 2.74. The minimum atomic E-state index is -0.0976. The predicted molar refractivity (Wildman–Crippen MR) is 203 cm³/mol. The molecule has 7 aromatic rings. The number of hydrogen-bond donors (Lipinski definition) is 0. The van der Waals surface area contributed by atoms with Crippen molar-refractivity contribution >= 4 is 48.6 Å². The molecular formula is C45H39NS. The fourth-order valence-corrected chi connectivity index (χ4v) is 9.59.